The van der Waals surface area contributed by atoms with E-state index in [1.807, 2.05) is 6.08 Å². The Kier molecular flexibility index (Phi) is 7.64. The summed E-state index contributed by atoms with van der Waals surface area (Å²) in [5.74, 6) is 1.83. The van der Waals surface area contributed by atoms with E-state index in [4.69, 9.17) is 0 Å². The number of alkyl halides is 2. The summed E-state index contributed by atoms with van der Waals surface area (Å²) < 4.78 is 28.8. The third-order valence-electron chi connectivity index (χ3n) is 5.79. The summed E-state index contributed by atoms with van der Waals surface area (Å²) in [4.78, 5) is 0. The van der Waals surface area contributed by atoms with Crippen LogP contribution in [-0.4, -0.2) is 6.61 Å². The molecule has 1 saturated carbocycles. The van der Waals surface area contributed by atoms with Crippen LogP contribution in [-0.2, 0) is 0 Å². The van der Waals surface area contributed by atoms with Crippen LogP contribution >= 0.6 is 0 Å². The molecule has 3 heteroatoms. The first kappa shape index (κ1) is 20.6. The van der Waals surface area contributed by atoms with E-state index in [2.05, 4.69) is 42.0 Å². The molecule has 0 aromatic heterocycles. The van der Waals surface area contributed by atoms with Crippen molar-refractivity contribution in [2.75, 3.05) is 0 Å². The van der Waals surface area contributed by atoms with E-state index in [-0.39, 0.29) is 5.75 Å². The van der Waals surface area contributed by atoms with Crippen molar-refractivity contribution in [3.63, 3.8) is 0 Å². The molecular formula is C25H30F2O. The van der Waals surface area contributed by atoms with Crippen molar-refractivity contribution in [1.29, 1.82) is 0 Å². The first-order chi connectivity index (χ1) is 13.6. The molecule has 0 atom stereocenters. The average molecular weight is 385 g/mol. The molecular weight excluding hydrogens is 354 g/mol. The lowest BCUT2D eigenvalue weighted by molar-refractivity contribution is -0.0498. The number of benzene rings is 2. The van der Waals surface area contributed by atoms with Crippen LogP contribution in [0.1, 0.15) is 74.5 Å². The maximum absolute atomic E-state index is 12.2. The second-order valence-corrected chi connectivity index (χ2v) is 7.81. The maximum atomic E-state index is 12.2. The Balaban J connectivity index is 1.52. The van der Waals surface area contributed by atoms with Gasteiger partial charge in [0.05, 0.1) is 0 Å². The van der Waals surface area contributed by atoms with E-state index < -0.39 is 6.61 Å². The van der Waals surface area contributed by atoms with Gasteiger partial charge in [-0.3, -0.25) is 0 Å². The molecule has 1 fully saturated rings. The van der Waals surface area contributed by atoms with E-state index in [1.165, 1.54) is 50.5 Å². The van der Waals surface area contributed by atoms with Crippen LogP contribution in [0.2, 0.25) is 0 Å². The zero-order valence-corrected chi connectivity index (χ0v) is 16.6. The van der Waals surface area contributed by atoms with Gasteiger partial charge in [-0.2, -0.15) is 8.78 Å². The highest BCUT2D eigenvalue weighted by molar-refractivity contribution is 5.69. The van der Waals surface area contributed by atoms with Crippen molar-refractivity contribution < 1.29 is 13.5 Å². The maximum Gasteiger partial charge on any atom is 0.387 e. The molecule has 1 nitrogen and oxygen atoms in total. The zero-order chi connectivity index (χ0) is 19.8. The molecule has 3 rings (SSSR count). The number of hydrogen-bond donors (Lipinski definition) is 0. The Labute approximate surface area is 167 Å². The minimum Gasteiger partial charge on any atom is -0.435 e. The van der Waals surface area contributed by atoms with Crippen molar-refractivity contribution in [2.45, 2.75) is 64.4 Å². The summed E-state index contributed by atoms with van der Waals surface area (Å²) in [6.07, 6.45) is 13.5. The molecule has 0 bridgehead atoms. The number of unbranched alkanes of at least 4 members (excludes halogenated alkanes) is 1. The molecule has 28 heavy (non-hydrogen) atoms. The van der Waals surface area contributed by atoms with Crippen LogP contribution in [0.25, 0.3) is 12.2 Å². The first-order valence-electron chi connectivity index (χ1n) is 10.5. The normalized spacial score (nSPS) is 20.0. The van der Waals surface area contributed by atoms with Gasteiger partial charge < -0.3 is 4.74 Å². The number of ether oxygens (including phenoxy) is 1. The highest BCUT2D eigenvalue weighted by Gasteiger charge is 2.21. The van der Waals surface area contributed by atoms with Crippen LogP contribution in [0, 0.1) is 5.92 Å². The SMILES string of the molecule is CCCC[C@H]1CC[C@H](c2ccc(C=Cc3ccc(OC(F)F)cc3)cc2)CC1. The molecule has 1 aliphatic carbocycles. The van der Waals surface area contributed by atoms with Crippen LogP contribution in [0.4, 0.5) is 8.78 Å². The van der Waals surface area contributed by atoms with Gasteiger partial charge in [-0.15, -0.1) is 0 Å². The Morgan fingerprint density at radius 2 is 1.46 bits per heavy atom. The molecule has 0 amide bonds. The summed E-state index contributed by atoms with van der Waals surface area (Å²) in [5, 5.41) is 0. The lowest BCUT2D eigenvalue weighted by Gasteiger charge is -2.28. The van der Waals surface area contributed by atoms with E-state index >= 15 is 0 Å². The van der Waals surface area contributed by atoms with Crippen LogP contribution < -0.4 is 4.74 Å². The minimum absolute atomic E-state index is 0.181. The van der Waals surface area contributed by atoms with Gasteiger partial charge in [-0.1, -0.05) is 74.7 Å². The fourth-order valence-corrected chi connectivity index (χ4v) is 4.11. The van der Waals surface area contributed by atoms with Crippen molar-refractivity contribution >= 4 is 12.2 Å². The second kappa shape index (κ2) is 10.4. The van der Waals surface area contributed by atoms with Crippen molar-refractivity contribution in [3.05, 3.63) is 65.2 Å². The molecule has 0 N–H and O–H groups in total. The van der Waals surface area contributed by atoms with Gasteiger partial charge >= 0.3 is 6.61 Å². The predicted octanol–water partition coefficient (Wildman–Crippen LogP) is 7.92. The Hall–Kier alpha value is -2.16. The van der Waals surface area contributed by atoms with Gasteiger partial charge in [0, 0.05) is 0 Å². The summed E-state index contributed by atoms with van der Waals surface area (Å²) in [6.45, 7) is -0.510. The fourth-order valence-electron chi connectivity index (χ4n) is 4.11. The average Bonchev–Trinajstić information content (AvgIpc) is 2.72. The van der Waals surface area contributed by atoms with E-state index in [0.29, 0.717) is 5.92 Å². The molecule has 0 unspecified atom stereocenters. The third kappa shape index (κ3) is 6.19. The fraction of sp³-hybridized carbons (Fsp3) is 0.440. The molecule has 150 valence electrons. The van der Waals surface area contributed by atoms with Gasteiger partial charge in [0.2, 0.25) is 0 Å². The molecule has 1 aliphatic rings. The third-order valence-corrected chi connectivity index (χ3v) is 5.79. The van der Waals surface area contributed by atoms with Gasteiger partial charge in [-0.05, 0) is 66.3 Å². The Morgan fingerprint density at radius 1 is 0.893 bits per heavy atom. The number of hydrogen-bond acceptors (Lipinski definition) is 1. The minimum atomic E-state index is -2.79. The molecule has 2 aromatic rings. The molecule has 0 spiro atoms. The summed E-state index contributed by atoms with van der Waals surface area (Å²) >= 11 is 0. The summed E-state index contributed by atoms with van der Waals surface area (Å²) in [6, 6.07) is 15.5. The molecule has 0 saturated heterocycles. The highest BCUT2D eigenvalue weighted by Crippen LogP contribution is 2.37. The Bertz CT molecular complexity index is 726. The molecule has 0 heterocycles. The molecule has 0 aliphatic heterocycles. The number of rotatable bonds is 8. The van der Waals surface area contributed by atoms with Crippen LogP contribution in [0.15, 0.2) is 48.5 Å². The monoisotopic (exact) mass is 384 g/mol. The van der Waals surface area contributed by atoms with Gasteiger partial charge in [-0.25, -0.2) is 0 Å². The lowest BCUT2D eigenvalue weighted by Crippen LogP contribution is -2.13. The first-order valence-corrected chi connectivity index (χ1v) is 10.5. The molecule has 0 radical (unpaired) electrons. The second-order valence-electron chi connectivity index (χ2n) is 7.81. The quantitative estimate of drug-likeness (QED) is 0.420. The highest BCUT2D eigenvalue weighted by atomic mass is 19.3. The standard InChI is InChI=1S/C25H30F2O/c1-2-3-4-19-7-13-22(14-8-19)23-15-9-20(10-16-23)5-6-21-11-17-24(18-12-21)28-25(26)27/h5-6,9-12,15-19,22,25H,2-4,7-8,13-14H2,1H3/t19-,22-. The van der Waals surface area contributed by atoms with Crippen molar-refractivity contribution in [3.8, 4) is 5.75 Å². The van der Waals surface area contributed by atoms with Crippen LogP contribution in [0.5, 0.6) is 5.75 Å². The Morgan fingerprint density at radius 3 is 2.00 bits per heavy atom. The van der Waals surface area contributed by atoms with Gasteiger partial charge in [0.25, 0.3) is 0 Å². The van der Waals surface area contributed by atoms with E-state index in [0.717, 1.165) is 17.0 Å². The predicted molar refractivity (Wildman–Crippen MR) is 113 cm³/mol. The number of halogens is 2. The van der Waals surface area contributed by atoms with Gasteiger partial charge in [0.1, 0.15) is 5.75 Å². The van der Waals surface area contributed by atoms with E-state index in [9.17, 15) is 8.78 Å². The van der Waals surface area contributed by atoms with Crippen molar-refractivity contribution in [1.82, 2.24) is 0 Å². The van der Waals surface area contributed by atoms with Crippen LogP contribution in [0.3, 0.4) is 0 Å². The summed E-state index contributed by atoms with van der Waals surface area (Å²) in [5.41, 5.74) is 3.56. The summed E-state index contributed by atoms with van der Waals surface area (Å²) in [7, 11) is 0. The molecule has 2 aromatic carbocycles. The largest absolute Gasteiger partial charge is 0.435 e. The van der Waals surface area contributed by atoms with Crippen molar-refractivity contribution in [2.24, 2.45) is 5.92 Å². The smallest absolute Gasteiger partial charge is 0.387 e. The lowest BCUT2D eigenvalue weighted by atomic mass is 9.77. The topological polar surface area (TPSA) is 9.23 Å². The zero-order valence-electron chi connectivity index (χ0n) is 16.6. The van der Waals surface area contributed by atoms with Gasteiger partial charge in [0.15, 0.2) is 0 Å². The van der Waals surface area contributed by atoms with E-state index in [1.54, 1.807) is 24.3 Å².